The second-order valence-electron chi connectivity index (χ2n) is 8.36. The van der Waals surface area contributed by atoms with Crippen LogP contribution in [0.2, 0.25) is 5.02 Å². The van der Waals surface area contributed by atoms with E-state index in [-0.39, 0.29) is 33.0 Å². The Bertz CT molecular complexity index is 1340. The third kappa shape index (κ3) is 5.56. The third-order valence-corrected chi connectivity index (χ3v) is 8.18. The highest BCUT2D eigenvalue weighted by Crippen LogP contribution is 2.27. The number of halogens is 1. The van der Waals surface area contributed by atoms with E-state index in [4.69, 9.17) is 11.6 Å². The van der Waals surface area contributed by atoms with Crippen molar-refractivity contribution in [1.29, 1.82) is 0 Å². The number of nitrogens with zero attached hydrogens (tertiary/aromatic N) is 1. The Labute approximate surface area is 210 Å². The van der Waals surface area contributed by atoms with Crippen molar-refractivity contribution in [3.63, 3.8) is 0 Å². The molecule has 0 unspecified atom stereocenters. The summed E-state index contributed by atoms with van der Waals surface area (Å²) in [5.41, 5.74) is 1.53. The van der Waals surface area contributed by atoms with Crippen LogP contribution in [0.5, 0.6) is 0 Å². The van der Waals surface area contributed by atoms with E-state index in [2.05, 4.69) is 10.6 Å². The van der Waals surface area contributed by atoms with E-state index in [1.165, 1.54) is 22.5 Å². The summed E-state index contributed by atoms with van der Waals surface area (Å²) in [7, 11) is -3.72. The minimum atomic E-state index is -3.72. The standard InChI is InChI=1S/C26H26ClN3O4S/c1-18(19-9-3-2-4-10-19)28-25(31)21-11-5-6-12-24(21)29-26(32)22-17-20(13-14-23(22)27)35(33,34)30-15-7-8-16-30/h2-6,9-14,17-18H,7-8,15-16H2,1H3,(H,28,31)(H,29,32)/t18-/m0/s1. The highest BCUT2D eigenvalue weighted by Gasteiger charge is 2.28. The molecule has 2 amide bonds. The minimum Gasteiger partial charge on any atom is -0.345 e. The molecule has 0 saturated carbocycles. The van der Waals surface area contributed by atoms with E-state index in [9.17, 15) is 18.0 Å². The Hall–Kier alpha value is -3.20. The van der Waals surface area contributed by atoms with Crippen molar-refractivity contribution in [3.05, 3.63) is 94.5 Å². The van der Waals surface area contributed by atoms with Crippen molar-refractivity contribution in [2.75, 3.05) is 18.4 Å². The van der Waals surface area contributed by atoms with Crippen molar-refractivity contribution >= 4 is 39.1 Å². The summed E-state index contributed by atoms with van der Waals surface area (Å²) in [5, 5.41) is 5.77. The number of rotatable bonds is 7. The van der Waals surface area contributed by atoms with E-state index in [0.717, 1.165) is 18.4 Å². The smallest absolute Gasteiger partial charge is 0.257 e. The Morgan fingerprint density at radius 3 is 2.26 bits per heavy atom. The van der Waals surface area contributed by atoms with Gasteiger partial charge in [-0.3, -0.25) is 9.59 Å². The van der Waals surface area contributed by atoms with Crippen molar-refractivity contribution < 1.29 is 18.0 Å². The predicted molar refractivity (Wildman–Crippen MR) is 136 cm³/mol. The highest BCUT2D eigenvalue weighted by molar-refractivity contribution is 7.89. The van der Waals surface area contributed by atoms with E-state index in [1.54, 1.807) is 24.3 Å². The van der Waals surface area contributed by atoms with E-state index in [1.807, 2.05) is 37.3 Å². The summed E-state index contributed by atoms with van der Waals surface area (Å²) >= 11 is 6.26. The molecule has 182 valence electrons. The monoisotopic (exact) mass is 511 g/mol. The number of amides is 2. The molecule has 4 rings (SSSR count). The molecule has 9 heteroatoms. The van der Waals surface area contributed by atoms with Gasteiger partial charge in [-0.1, -0.05) is 54.1 Å². The van der Waals surface area contributed by atoms with Crippen molar-refractivity contribution in [2.45, 2.75) is 30.7 Å². The largest absolute Gasteiger partial charge is 0.345 e. The predicted octanol–water partition coefficient (Wildman–Crippen LogP) is 4.87. The quantitative estimate of drug-likeness (QED) is 0.473. The molecule has 1 saturated heterocycles. The maximum Gasteiger partial charge on any atom is 0.257 e. The van der Waals surface area contributed by atoms with Crippen molar-refractivity contribution in [3.8, 4) is 0 Å². The molecule has 1 fully saturated rings. The van der Waals surface area contributed by atoms with Gasteiger partial charge in [0.25, 0.3) is 11.8 Å². The molecular weight excluding hydrogens is 486 g/mol. The van der Waals surface area contributed by atoms with Gasteiger partial charge in [0, 0.05) is 13.1 Å². The summed E-state index contributed by atoms with van der Waals surface area (Å²) in [6, 6.07) is 20.0. The zero-order valence-corrected chi connectivity index (χ0v) is 20.8. The lowest BCUT2D eigenvalue weighted by atomic mass is 10.1. The molecular formula is C26H26ClN3O4S. The average Bonchev–Trinajstić information content (AvgIpc) is 3.41. The summed E-state index contributed by atoms with van der Waals surface area (Å²) in [4.78, 5) is 26.1. The first-order valence-electron chi connectivity index (χ1n) is 11.3. The number of anilines is 1. The lowest BCUT2D eigenvalue weighted by Gasteiger charge is -2.17. The van der Waals surface area contributed by atoms with Gasteiger partial charge < -0.3 is 10.6 Å². The van der Waals surface area contributed by atoms with Crippen LogP contribution < -0.4 is 10.6 Å². The lowest BCUT2D eigenvalue weighted by molar-refractivity contribution is 0.0940. The van der Waals surface area contributed by atoms with Crippen LogP contribution in [0, 0.1) is 0 Å². The number of para-hydroxylation sites is 1. The SMILES string of the molecule is C[C@H](NC(=O)c1ccccc1NC(=O)c1cc(S(=O)(=O)N2CCCC2)ccc1Cl)c1ccccc1. The number of carbonyl (C=O) groups is 2. The van der Waals surface area contributed by atoms with Crippen LogP contribution in [0.25, 0.3) is 0 Å². The number of carbonyl (C=O) groups excluding carboxylic acids is 2. The van der Waals surface area contributed by atoms with E-state index >= 15 is 0 Å². The van der Waals surface area contributed by atoms with Crippen molar-refractivity contribution in [1.82, 2.24) is 9.62 Å². The molecule has 3 aromatic carbocycles. The zero-order valence-electron chi connectivity index (χ0n) is 19.2. The molecule has 3 aromatic rings. The Morgan fingerprint density at radius 1 is 0.886 bits per heavy atom. The van der Waals surface area contributed by atoms with Gasteiger partial charge in [-0.15, -0.1) is 0 Å². The topological polar surface area (TPSA) is 95.6 Å². The molecule has 1 aliphatic rings. The molecule has 0 bridgehead atoms. The molecule has 0 aromatic heterocycles. The second-order valence-corrected chi connectivity index (χ2v) is 10.7. The fourth-order valence-corrected chi connectivity index (χ4v) is 5.74. The Balaban J connectivity index is 1.55. The second kappa shape index (κ2) is 10.6. The van der Waals surface area contributed by atoms with Crippen LogP contribution in [0.15, 0.2) is 77.7 Å². The first kappa shape index (κ1) is 24.9. The number of hydrogen-bond acceptors (Lipinski definition) is 4. The molecule has 0 aliphatic carbocycles. The molecule has 7 nitrogen and oxygen atoms in total. The molecule has 1 aliphatic heterocycles. The minimum absolute atomic E-state index is 0.0108. The van der Waals surface area contributed by atoms with Crippen molar-refractivity contribution in [2.24, 2.45) is 0 Å². The first-order chi connectivity index (χ1) is 16.8. The van der Waals surface area contributed by atoms with Gasteiger partial charge in [0.15, 0.2) is 0 Å². The first-order valence-corrected chi connectivity index (χ1v) is 13.1. The third-order valence-electron chi connectivity index (χ3n) is 5.95. The van der Waals surface area contributed by atoms with Crippen LogP contribution in [0.1, 0.15) is 52.1 Å². The normalized spacial score (nSPS) is 14.9. The molecule has 0 radical (unpaired) electrons. The average molecular weight is 512 g/mol. The maximum absolute atomic E-state index is 13.1. The summed E-state index contributed by atoms with van der Waals surface area (Å²) in [5.74, 6) is -0.960. The fourth-order valence-electron chi connectivity index (χ4n) is 4.00. The Morgan fingerprint density at radius 2 is 1.54 bits per heavy atom. The van der Waals surface area contributed by atoms with Crippen LogP contribution in [-0.4, -0.2) is 37.6 Å². The lowest BCUT2D eigenvalue weighted by Crippen LogP contribution is -2.28. The van der Waals surface area contributed by atoms with Crippen LogP contribution in [0.3, 0.4) is 0 Å². The summed E-state index contributed by atoms with van der Waals surface area (Å²) in [6.07, 6.45) is 1.61. The summed E-state index contributed by atoms with van der Waals surface area (Å²) < 4.78 is 27.3. The number of sulfonamides is 1. The Kier molecular flexibility index (Phi) is 7.54. The van der Waals surface area contributed by atoms with Gasteiger partial charge in [-0.2, -0.15) is 4.31 Å². The van der Waals surface area contributed by atoms with Gasteiger partial charge in [0.1, 0.15) is 0 Å². The van der Waals surface area contributed by atoms with Crippen LogP contribution in [-0.2, 0) is 10.0 Å². The molecule has 0 spiro atoms. The summed E-state index contributed by atoms with van der Waals surface area (Å²) in [6.45, 7) is 2.78. The maximum atomic E-state index is 13.1. The van der Waals surface area contributed by atoms with E-state index in [0.29, 0.717) is 18.8 Å². The molecule has 1 atom stereocenters. The number of hydrogen-bond donors (Lipinski definition) is 2. The van der Waals surface area contributed by atoms with Gasteiger partial charge in [-0.05, 0) is 55.7 Å². The van der Waals surface area contributed by atoms with Gasteiger partial charge in [0.05, 0.1) is 32.8 Å². The molecule has 35 heavy (non-hydrogen) atoms. The van der Waals surface area contributed by atoms with Crippen LogP contribution >= 0.6 is 11.6 Å². The number of nitrogens with one attached hydrogen (secondary N) is 2. The van der Waals surface area contributed by atoms with E-state index < -0.39 is 15.9 Å². The van der Waals surface area contributed by atoms with Gasteiger partial charge in [0.2, 0.25) is 10.0 Å². The molecule has 1 heterocycles. The van der Waals surface area contributed by atoms with Crippen LogP contribution in [0.4, 0.5) is 5.69 Å². The molecule has 2 N–H and O–H groups in total. The van der Waals surface area contributed by atoms with Gasteiger partial charge in [-0.25, -0.2) is 8.42 Å². The fraction of sp³-hybridized carbons (Fsp3) is 0.231. The zero-order chi connectivity index (χ0) is 25.0. The van der Waals surface area contributed by atoms with Gasteiger partial charge >= 0.3 is 0 Å². The highest BCUT2D eigenvalue weighted by atomic mass is 35.5. The number of benzene rings is 3.